The molecule has 2 unspecified atom stereocenters. The highest BCUT2D eigenvalue weighted by Gasteiger charge is 2.32. The standard InChI is InChI=1S/C16H22ClNO2/c1-10-8-16(2,3)5-4-12(10)18-13-7-15-14(6-11(13)17)19-9-20-15/h6-7,10,12,18H,4-5,8-9H2,1-3H3. The zero-order valence-corrected chi connectivity index (χ0v) is 13.1. The van der Waals surface area contributed by atoms with E-state index in [2.05, 4.69) is 26.1 Å². The highest BCUT2D eigenvalue weighted by molar-refractivity contribution is 6.33. The lowest BCUT2D eigenvalue weighted by molar-refractivity contribution is 0.173. The number of rotatable bonds is 2. The van der Waals surface area contributed by atoms with Crippen LogP contribution in [0.3, 0.4) is 0 Å². The fourth-order valence-corrected chi connectivity index (χ4v) is 3.60. The number of hydrogen-bond donors (Lipinski definition) is 1. The van der Waals surface area contributed by atoms with Crippen molar-refractivity contribution in [3.63, 3.8) is 0 Å². The van der Waals surface area contributed by atoms with Crippen LogP contribution >= 0.6 is 11.6 Å². The van der Waals surface area contributed by atoms with Gasteiger partial charge in [-0.25, -0.2) is 0 Å². The van der Waals surface area contributed by atoms with Gasteiger partial charge >= 0.3 is 0 Å². The maximum absolute atomic E-state index is 6.33. The van der Waals surface area contributed by atoms with Gasteiger partial charge in [-0.2, -0.15) is 0 Å². The summed E-state index contributed by atoms with van der Waals surface area (Å²) in [6.45, 7) is 7.31. The molecule has 3 rings (SSSR count). The number of anilines is 1. The van der Waals surface area contributed by atoms with Gasteiger partial charge in [0, 0.05) is 18.2 Å². The molecule has 1 fully saturated rings. The van der Waals surface area contributed by atoms with Crippen LogP contribution < -0.4 is 14.8 Å². The van der Waals surface area contributed by atoms with Crippen LogP contribution in [0, 0.1) is 11.3 Å². The molecule has 0 bridgehead atoms. The molecule has 0 aromatic heterocycles. The first-order valence-electron chi connectivity index (χ1n) is 7.30. The molecular weight excluding hydrogens is 274 g/mol. The number of nitrogens with one attached hydrogen (secondary N) is 1. The number of hydrogen-bond acceptors (Lipinski definition) is 3. The van der Waals surface area contributed by atoms with E-state index in [4.69, 9.17) is 21.1 Å². The summed E-state index contributed by atoms with van der Waals surface area (Å²) >= 11 is 6.33. The molecule has 1 heterocycles. The lowest BCUT2D eigenvalue weighted by Crippen LogP contribution is -2.36. The van der Waals surface area contributed by atoms with Crippen LogP contribution in [0.2, 0.25) is 5.02 Å². The van der Waals surface area contributed by atoms with Crippen LogP contribution in [0.25, 0.3) is 0 Å². The van der Waals surface area contributed by atoms with Crippen LogP contribution in [0.1, 0.15) is 40.0 Å². The Morgan fingerprint density at radius 2 is 1.95 bits per heavy atom. The quantitative estimate of drug-likeness (QED) is 0.858. The number of ether oxygens (including phenoxy) is 2. The molecule has 2 aliphatic rings. The smallest absolute Gasteiger partial charge is 0.231 e. The Labute approximate surface area is 125 Å². The predicted molar refractivity (Wildman–Crippen MR) is 81.8 cm³/mol. The van der Waals surface area contributed by atoms with E-state index in [1.807, 2.05) is 12.1 Å². The number of halogens is 1. The number of fused-ring (bicyclic) bond motifs is 1. The summed E-state index contributed by atoms with van der Waals surface area (Å²) in [5.74, 6) is 2.15. The molecule has 1 saturated carbocycles. The average molecular weight is 296 g/mol. The molecule has 1 aliphatic carbocycles. The molecule has 0 saturated heterocycles. The second-order valence-corrected chi connectivity index (χ2v) is 7.23. The summed E-state index contributed by atoms with van der Waals surface area (Å²) in [5.41, 5.74) is 1.41. The SMILES string of the molecule is CC1CC(C)(C)CCC1Nc1cc2c(cc1Cl)OCO2. The van der Waals surface area contributed by atoms with Gasteiger partial charge in [0.15, 0.2) is 11.5 Å². The summed E-state index contributed by atoms with van der Waals surface area (Å²) < 4.78 is 10.8. The lowest BCUT2D eigenvalue weighted by atomic mass is 9.70. The first-order chi connectivity index (χ1) is 9.44. The summed E-state index contributed by atoms with van der Waals surface area (Å²) in [6.07, 6.45) is 3.67. The third-order valence-corrected chi connectivity index (χ3v) is 4.81. The topological polar surface area (TPSA) is 30.5 Å². The van der Waals surface area contributed by atoms with E-state index in [0.717, 1.165) is 17.2 Å². The van der Waals surface area contributed by atoms with Crippen molar-refractivity contribution in [3.8, 4) is 11.5 Å². The highest BCUT2D eigenvalue weighted by Crippen LogP contribution is 2.43. The first-order valence-corrected chi connectivity index (χ1v) is 7.68. The molecule has 20 heavy (non-hydrogen) atoms. The maximum atomic E-state index is 6.33. The largest absolute Gasteiger partial charge is 0.454 e. The Hall–Kier alpha value is -1.09. The Morgan fingerprint density at radius 3 is 2.65 bits per heavy atom. The third-order valence-electron chi connectivity index (χ3n) is 4.50. The van der Waals surface area contributed by atoms with E-state index in [1.165, 1.54) is 19.3 Å². The van der Waals surface area contributed by atoms with Crippen molar-refractivity contribution in [1.29, 1.82) is 0 Å². The Kier molecular flexibility index (Phi) is 3.49. The monoisotopic (exact) mass is 295 g/mol. The van der Waals surface area contributed by atoms with Gasteiger partial charge < -0.3 is 14.8 Å². The van der Waals surface area contributed by atoms with Crippen LogP contribution in [0.15, 0.2) is 12.1 Å². The molecule has 0 radical (unpaired) electrons. The Balaban J connectivity index is 1.75. The van der Waals surface area contributed by atoms with Crippen molar-refractivity contribution >= 4 is 17.3 Å². The second-order valence-electron chi connectivity index (χ2n) is 6.82. The van der Waals surface area contributed by atoms with Gasteiger partial charge in [0.05, 0.1) is 10.7 Å². The first kappa shape index (κ1) is 13.9. The van der Waals surface area contributed by atoms with Crippen molar-refractivity contribution < 1.29 is 9.47 Å². The molecule has 0 amide bonds. The Morgan fingerprint density at radius 1 is 1.25 bits per heavy atom. The summed E-state index contributed by atoms with van der Waals surface area (Å²) in [4.78, 5) is 0. The van der Waals surface area contributed by atoms with E-state index >= 15 is 0 Å². The summed E-state index contributed by atoms with van der Waals surface area (Å²) in [7, 11) is 0. The van der Waals surface area contributed by atoms with Crippen molar-refractivity contribution in [3.05, 3.63) is 17.2 Å². The van der Waals surface area contributed by atoms with E-state index < -0.39 is 0 Å². The van der Waals surface area contributed by atoms with Crippen LogP contribution in [-0.4, -0.2) is 12.8 Å². The minimum Gasteiger partial charge on any atom is -0.454 e. The molecule has 1 aliphatic heterocycles. The zero-order valence-electron chi connectivity index (χ0n) is 12.3. The molecule has 0 spiro atoms. The second kappa shape index (κ2) is 5.03. The highest BCUT2D eigenvalue weighted by atomic mass is 35.5. The predicted octanol–water partition coefficient (Wildman–Crippen LogP) is 4.70. The minimum absolute atomic E-state index is 0.281. The Bertz CT molecular complexity index is 515. The van der Waals surface area contributed by atoms with Crippen molar-refractivity contribution in [2.24, 2.45) is 11.3 Å². The van der Waals surface area contributed by atoms with Gasteiger partial charge in [0.2, 0.25) is 6.79 Å². The molecular formula is C16H22ClNO2. The fraction of sp³-hybridized carbons (Fsp3) is 0.625. The van der Waals surface area contributed by atoms with E-state index in [9.17, 15) is 0 Å². The van der Waals surface area contributed by atoms with Crippen LogP contribution in [-0.2, 0) is 0 Å². The van der Waals surface area contributed by atoms with Crippen molar-refractivity contribution in [1.82, 2.24) is 0 Å². The molecule has 110 valence electrons. The zero-order chi connectivity index (χ0) is 14.3. The normalized spacial score (nSPS) is 27.4. The van der Waals surface area contributed by atoms with Gasteiger partial charge in [-0.15, -0.1) is 0 Å². The van der Waals surface area contributed by atoms with Crippen LogP contribution in [0.5, 0.6) is 11.5 Å². The fourth-order valence-electron chi connectivity index (χ4n) is 3.39. The van der Waals surface area contributed by atoms with E-state index in [1.54, 1.807) is 0 Å². The number of benzene rings is 1. The average Bonchev–Trinajstić information content (AvgIpc) is 2.79. The van der Waals surface area contributed by atoms with Gasteiger partial charge in [0.1, 0.15) is 0 Å². The summed E-state index contributed by atoms with van der Waals surface area (Å²) in [6, 6.07) is 4.27. The van der Waals surface area contributed by atoms with Gasteiger partial charge in [-0.05, 0) is 30.6 Å². The lowest BCUT2D eigenvalue weighted by Gasteiger charge is -2.40. The molecule has 1 N–H and O–H groups in total. The maximum Gasteiger partial charge on any atom is 0.231 e. The molecule has 1 aromatic rings. The van der Waals surface area contributed by atoms with E-state index in [-0.39, 0.29) is 6.79 Å². The van der Waals surface area contributed by atoms with Gasteiger partial charge in [-0.1, -0.05) is 32.4 Å². The van der Waals surface area contributed by atoms with Gasteiger partial charge in [-0.3, -0.25) is 0 Å². The minimum atomic E-state index is 0.281. The van der Waals surface area contributed by atoms with Crippen LogP contribution in [0.4, 0.5) is 5.69 Å². The third kappa shape index (κ3) is 2.69. The van der Waals surface area contributed by atoms with Crippen molar-refractivity contribution in [2.45, 2.75) is 46.1 Å². The molecule has 4 heteroatoms. The summed E-state index contributed by atoms with van der Waals surface area (Å²) in [5, 5.41) is 4.30. The molecule has 3 nitrogen and oxygen atoms in total. The van der Waals surface area contributed by atoms with Crippen molar-refractivity contribution in [2.75, 3.05) is 12.1 Å². The van der Waals surface area contributed by atoms with Gasteiger partial charge in [0.25, 0.3) is 0 Å². The van der Waals surface area contributed by atoms with E-state index in [0.29, 0.717) is 22.4 Å². The molecule has 1 aromatic carbocycles. The molecule has 2 atom stereocenters.